The zero-order valence-corrected chi connectivity index (χ0v) is 13.7. The standard InChI is InChI=1S/C17H14ClN3O4/c18-13-3-1-2-12(7-13)17(23)19-9-16(22)21-20-8-11-4-5-14-15(6-11)25-10-24-14/h1-8H,9-10H2,(H,19,23)(H,21,22)/b20-8-. The van der Waals surface area contributed by atoms with Crippen LogP contribution in [0.15, 0.2) is 47.6 Å². The number of nitrogens with one attached hydrogen (secondary N) is 2. The van der Waals surface area contributed by atoms with Crippen LogP contribution in [0, 0.1) is 0 Å². The number of nitrogens with zero attached hydrogens (tertiary/aromatic N) is 1. The van der Waals surface area contributed by atoms with Gasteiger partial charge in [0, 0.05) is 10.6 Å². The Hall–Kier alpha value is -3.06. The molecule has 2 aromatic rings. The molecule has 3 rings (SSSR count). The van der Waals surface area contributed by atoms with E-state index >= 15 is 0 Å². The van der Waals surface area contributed by atoms with Gasteiger partial charge in [-0.25, -0.2) is 5.43 Å². The van der Waals surface area contributed by atoms with Gasteiger partial charge in [-0.2, -0.15) is 5.10 Å². The lowest BCUT2D eigenvalue weighted by Crippen LogP contribution is -2.34. The maximum absolute atomic E-state index is 11.9. The van der Waals surface area contributed by atoms with E-state index in [0.29, 0.717) is 22.1 Å². The molecular formula is C17H14ClN3O4. The molecule has 25 heavy (non-hydrogen) atoms. The van der Waals surface area contributed by atoms with Crippen LogP contribution in [0.5, 0.6) is 11.5 Å². The summed E-state index contributed by atoms with van der Waals surface area (Å²) in [5, 5.41) is 6.78. The molecule has 0 radical (unpaired) electrons. The van der Waals surface area contributed by atoms with Crippen LogP contribution < -0.4 is 20.2 Å². The largest absolute Gasteiger partial charge is 0.454 e. The van der Waals surface area contributed by atoms with Gasteiger partial charge in [-0.3, -0.25) is 9.59 Å². The van der Waals surface area contributed by atoms with Gasteiger partial charge in [-0.15, -0.1) is 0 Å². The molecule has 1 aliphatic heterocycles. The summed E-state index contributed by atoms with van der Waals surface area (Å²) < 4.78 is 10.5. The third-order valence-electron chi connectivity index (χ3n) is 3.30. The van der Waals surface area contributed by atoms with E-state index < -0.39 is 11.8 Å². The number of hydrazone groups is 1. The molecule has 0 fully saturated rings. The highest BCUT2D eigenvalue weighted by Gasteiger charge is 2.12. The summed E-state index contributed by atoms with van der Waals surface area (Å²) in [6, 6.07) is 11.7. The van der Waals surface area contributed by atoms with E-state index in [1.165, 1.54) is 12.3 Å². The first-order valence-corrected chi connectivity index (χ1v) is 7.75. The quantitative estimate of drug-likeness (QED) is 0.630. The van der Waals surface area contributed by atoms with E-state index in [9.17, 15) is 9.59 Å². The van der Waals surface area contributed by atoms with Crippen molar-refractivity contribution in [2.24, 2.45) is 5.10 Å². The molecule has 1 heterocycles. The topological polar surface area (TPSA) is 89.0 Å². The smallest absolute Gasteiger partial charge is 0.259 e. The van der Waals surface area contributed by atoms with Crippen molar-refractivity contribution in [2.75, 3.05) is 13.3 Å². The lowest BCUT2D eigenvalue weighted by Gasteiger charge is -2.04. The number of halogens is 1. The van der Waals surface area contributed by atoms with Crippen molar-refractivity contribution in [3.63, 3.8) is 0 Å². The van der Waals surface area contributed by atoms with Gasteiger partial charge in [-0.1, -0.05) is 17.7 Å². The minimum atomic E-state index is -0.452. The highest BCUT2D eigenvalue weighted by Crippen LogP contribution is 2.31. The van der Waals surface area contributed by atoms with E-state index in [2.05, 4.69) is 15.8 Å². The van der Waals surface area contributed by atoms with E-state index in [0.717, 1.165) is 5.56 Å². The van der Waals surface area contributed by atoms with Crippen molar-refractivity contribution in [1.29, 1.82) is 0 Å². The summed E-state index contributed by atoms with van der Waals surface area (Å²) in [5.74, 6) is 0.457. The Labute approximate surface area is 148 Å². The average molecular weight is 360 g/mol. The molecule has 0 aromatic heterocycles. The van der Waals surface area contributed by atoms with Crippen molar-refractivity contribution in [3.05, 3.63) is 58.6 Å². The number of hydrogen-bond donors (Lipinski definition) is 2. The van der Waals surface area contributed by atoms with Gasteiger partial charge in [0.15, 0.2) is 11.5 Å². The third kappa shape index (κ3) is 4.48. The zero-order valence-electron chi connectivity index (χ0n) is 13.0. The molecule has 7 nitrogen and oxygen atoms in total. The monoisotopic (exact) mass is 359 g/mol. The fourth-order valence-electron chi connectivity index (χ4n) is 2.10. The molecule has 8 heteroatoms. The molecule has 0 spiro atoms. The highest BCUT2D eigenvalue weighted by molar-refractivity contribution is 6.30. The maximum Gasteiger partial charge on any atom is 0.259 e. The van der Waals surface area contributed by atoms with Crippen molar-refractivity contribution < 1.29 is 19.1 Å². The first kappa shape index (κ1) is 16.8. The third-order valence-corrected chi connectivity index (χ3v) is 3.53. The summed E-state index contributed by atoms with van der Waals surface area (Å²) in [6.45, 7) is -0.0111. The van der Waals surface area contributed by atoms with Crippen molar-refractivity contribution in [1.82, 2.24) is 10.7 Å². The van der Waals surface area contributed by atoms with Gasteiger partial charge in [0.25, 0.3) is 11.8 Å². The molecule has 128 valence electrons. The second kappa shape index (κ2) is 7.67. The molecule has 0 aliphatic carbocycles. The zero-order chi connectivity index (χ0) is 17.6. The van der Waals surface area contributed by atoms with Gasteiger partial charge < -0.3 is 14.8 Å². The van der Waals surface area contributed by atoms with Crippen LogP contribution in [0.1, 0.15) is 15.9 Å². The van der Waals surface area contributed by atoms with Gasteiger partial charge in [-0.05, 0) is 42.0 Å². The lowest BCUT2D eigenvalue weighted by atomic mass is 10.2. The van der Waals surface area contributed by atoms with Gasteiger partial charge >= 0.3 is 0 Å². The molecule has 0 unspecified atom stereocenters. The summed E-state index contributed by atoms with van der Waals surface area (Å²) in [6.07, 6.45) is 1.47. The predicted octanol–water partition coefficient (Wildman–Crippen LogP) is 1.95. The van der Waals surface area contributed by atoms with Crippen LogP contribution in [0.25, 0.3) is 0 Å². The Morgan fingerprint density at radius 2 is 2.00 bits per heavy atom. The molecule has 2 amide bonds. The van der Waals surface area contributed by atoms with E-state index in [1.807, 2.05) is 0 Å². The molecule has 0 saturated carbocycles. The Bertz CT molecular complexity index is 838. The Morgan fingerprint density at radius 3 is 2.84 bits per heavy atom. The number of ether oxygens (including phenoxy) is 2. The molecule has 0 saturated heterocycles. The summed E-state index contributed by atoms with van der Waals surface area (Å²) in [5.41, 5.74) is 3.46. The first-order valence-electron chi connectivity index (χ1n) is 7.37. The van der Waals surface area contributed by atoms with Crippen molar-refractivity contribution in [3.8, 4) is 11.5 Å². The molecule has 2 N–H and O–H groups in total. The molecule has 0 bridgehead atoms. The molecule has 1 aliphatic rings. The molecule has 2 aromatic carbocycles. The van der Waals surface area contributed by atoms with Crippen LogP contribution in [-0.4, -0.2) is 31.4 Å². The van der Waals surface area contributed by atoms with Crippen LogP contribution >= 0.6 is 11.6 Å². The molecule has 0 atom stereocenters. The number of carbonyl (C=O) groups is 2. The number of carbonyl (C=O) groups excluding carboxylic acids is 2. The predicted molar refractivity (Wildman–Crippen MR) is 92.1 cm³/mol. The van der Waals surface area contributed by atoms with Gasteiger partial charge in [0.1, 0.15) is 0 Å². The number of rotatable bonds is 5. The highest BCUT2D eigenvalue weighted by atomic mass is 35.5. The van der Waals surface area contributed by atoms with Crippen molar-refractivity contribution >= 4 is 29.6 Å². The van der Waals surface area contributed by atoms with Crippen LogP contribution in [0.4, 0.5) is 0 Å². The van der Waals surface area contributed by atoms with Crippen molar-refractivity contribution in [2.45, 2.75) is 0 Å². The number of amides is 2. The first-order chi connectivity index (χ1) is 12.1. The number of benzene rings is 2. The Balaban J connectivity index is 1.47. The normalized spacial score (nSPS) is 12.2. The molecular weight excluding hydrogens is 346 g/mol. The number of hydrogen-bond acceptors (Lipinski definition) is 5. The van der Waals surface area contributed by atoms with Crippen LogP contribution in [0.2, 0.25) is 5.02 Å². The van der Waals surface area contributed by atoms with Crippen LogP contribution in [-0.2, 0) is 4.79 Å². The second-order valence-electron chi connectivity index (χ2n) is 5.10. The summed E-state index contributed by atoms with van der Waals surface area (Å²) in [7, 11) is 0. The van der Waals surface area contributed by atoms with Crippen LogP contribution in [0.3, 0.4) is 0 Å². The van der Waals surface area contributed by atoms with E-state index in [-0.39, 0.29) is 13.3 Å². The minimum Gasteiger partial charge on any atom is -0.454 e. The Kier molecular flexibility index (Phi) is 5.15. The Morgan fingerprint density at radius 1 is 1.16 bits per heavy atom. The second-order valence-corrected chi connectivity index (χ2v) is 5.54. The van der Waals surface area contributed by atoms with E-state index in [4.69, 9.17) is 21.1 Å². The maximum atomic E-state index is 11.9. The fraction of sp³-hybridized carbons (Fsp3) is 0.118. The van der Waals surface area contributed by atoms with E-state index in [1.54, 1.807) is 36.4 Å². The summed E-state index contributed by atoms with van der Waals surface area (Å²) in [4.78, 5) is 23.6. The lowest BCUT2D eigenvalue weighted by molar-refractivity contribution is -0.120. The SMILES string of the molecule is O=C(CNC(=O)c1cccc(Cl)c1)N/N=C\c1ccc2c(c1)OCO2. The fourth-order valence-corrected chi connectivity index (χ4v) is 2.29. The summed E-state index contributed by atoms with van der Waals surface area (Å²) >= 11 is 5.82. The van der Waals surface area contributed by atoms with Gasteiger partial charge in [0.05, 0.1) is 12.8 Å². The van der Waals surface area contributed by atoms with Gasteiger partial charge in [0.2, 0.25) is 6.79 Å². The number of fused-ring (bicyclic) bond motifs is 1. The average Bonchev–Trinajstić information content (AvgIpc) is 3.07. The minimum absolute atomic E-state index is 0.193.